The molecular formula is C32H27ClN6OS. The van der Waals surface area contributed by atoms with Gasteiger partial charge in [0.05, 0.1) is 12.0 Å². The lowest BCUT2D eigenvalue weighted by Gasteiger charge is -2.10. The summed E-state index contributed by atoms with van der Waals surface area (Å²) >= 11 is 7.40. The molecule has 7 nitrogen and oxygen atoms in total. The lowest BCUT2D eigenvalue weighted by Crippen LogP contribution is -2.20. The minimum absolute atomic E-state index is 0.130. The summed E-state index contributed by atoms with van der Waals surface area (Å²) in [5.74, 6) is 0.568. The number of hydrogen-bond donors (Lipinski definition) is 1. The molecule has 0 saturated carbocycles. The summed E-state index contributed by atoms with van der Waals surface area (Å²) in [5, 5.41) is 16.7. The first kappa shape index (κ1) is 26.8. The zero-order chi connectivity index (χ0) is 28.3. The van der Waals surface area contributed by atoms with Crippen molar-refractivity contribution < 1.29 is 4.79 Å². The fourth-order valence-corrected chi connectivity index (χ4v) is 5.78. The molecule has 4 aromatic carbocycles. The summed E-state index contributed by atoms with van der Waals surface area (Å²) in [6, 6.07) is 30.2. The number of aryl methyl sites for hydroxylation is 2. The van der Waals surface area contributed by atoms with Crippen molar-refractivity contribution in [3.05, 3.63) is 107 Å². The van der Waals surface area contributed by atoms with Crippen LogP contribution in [-0.4, -0.2) is 37.2 Å². The van der Waals surface area contributed by atoms with Gasteiger partial charge in [-0.3, -0.25) is 9.36 Å². The van der Waals surface area contributed by atoms with Crippen LogP contribution in [0.2, 0.25) is 5.02 Å². The highest BCUT2D eigenvalue weighted by Crippen LogP contribution is 2.30. The molecule has 0 bridgehead atoms. The summed E-state index contributed by atoms with van der Waals surface area (Å²) < 4.78 is 4.25. The molecule has 2 heterocycles. The number of nitrogens with one attached hydrogen (secondary N) is 1. The summed E-state index contributed by atoms with van der Waals surface area (Å²) in [4.78, 5) is 12.7. The standard InChI is InChI=1S/C32H27ClN6OS/c1-3-38-28-7-5-4-6-26(28)27-18-22(10-17-29(27)38)19-34-35-30(40)20-41-32-37-36-31(23-11-13-24(33)14-12-23)39(32)25-15-8-21(2)9-16-25/h4-19H,3,20H2,1-2H3,(H,35,40)/b34-19-. The molecule has 204 valence electrons. The van der Waals surface area contributed by atoms with Crippen LogP contribution in [0.3, 0.4) is 0 Å². The van der Waals surface area contributed by atoms with E-state index in [0.717, 1.165) is 28.9 Å². The van der Waals surface area contributed by atoms with E-state index >= 15 is 0 Å². The Balaban J connectivity index is 1.18. The molecule has 0 fully saturated rings. The molecule has 0 radical (unpaired) electrons. The number of thioether (sulfide) groups is 1. The molecule has 41 heavy (non-hydrogen) atoms. The molecule has 1 N–H and O–H groups in total. The Kier molecular flexibility index (Phi) is 7.59. The smallest absolute Gasteiger partial charge is 0.250 e. The third kappa shape index (κ3) is 5.49. The van der Waals surface area contributed by atoms with Crippen molar-refractivity contribution >= 4 is 57.3 Å². The summed E-state index contributed by atoms with van der Waals surface area (Å²) in [5.41, 5.74) is 8.89. The van der Waals surface area contributed by atoms with Gasteiger partial charge < -0.3 is 4.57 Å². The number of carbonyl (C=O) groups excluding carboxylic acids is 1. The molecule has 0 spiro atoms. The number of para-hydroxylation sites is 1. The first-order valence-electron chi connectivity index (χ1n) is 13.3. The van der Waals surface area contributed by atoms with Gasteiger partial charge in [-0.1, -0.05) is 65.3 Å². The van der Waals surface area contributed by atoms with Gasteiger partial charge in [0.1, 0.15) is 0 Å². The number of amides is 1. The van der Waals surface area contributed by atoms with E-state index in [9.17, 15) is 4.79 Å². The number of halogens is 1. The largest absolute Gasteiger partial charge is 0.341 e. The van der Waals surface area contributed by atoms with Gasteiger partial charge in [0.15, 0.2) is 11.0 Å². The van der Waals surface area contributed by atoms with E-state index in [4.69, 9.17) is 11.6 Å². The van der Waals surface area contributed by atoms with Crippen molar-refractivity contribution in [3.8, 4) is 17.1 Å². The van der Waals surface area contributed by atoms with Crippen LogP contribution in [0.5, 0.6) is 0 Å². The average Bonchev–Trinajstić information content (AvgIpc) is 3.56. The SMILES string of the molecule is CCn1c2ccccc2c2cc(/C=N\NC(=O)CSc3nnc(-c4ccc(Cl)cc4)n3-c3ccc(C)cc3)ccc21. The topological polar surface area (TPSA) is 77.1 Å². The second-order valence-corrected chi connectivity index (χ2v) is 11.0. The normalized spacial score (nSPS) is 11.6. The van der Waals surface area contributed by atoms with Gasteiger partial charge in [0.25, 0.3) is 5.91 Å². The third-order valence-corrected chi connectivity index (χ3v) is 8.06. The monoisotopic (exact) mass is 578 g/mol. The Morgan fingerprint density at radius 1 is 0.951 bits per heavy atom. The number of fused-ring (bicyclic) bond motifs is 3. The van der Waals surface area contributed by atoms with E-state index in [0.29, 0.717) is 16.0 Å². The quantitative estimate of drug-likeness (QED) is 0.117. The lowest BCUT2D eigenvalue weighted by molar-refractivity contribution is -0.118. The molecule has 0 aliphatic heterocycles. The first-order valence-corrected chi connectivity index (χ1v) is 14.6. The number of aromatic nitrogens is 4. The molecular weight excluding hydrogens is 552 g/mol. The molecule has 0 atom stereocenters. The number of hydrazone groups is 1. The zero-order valence-electron chi connectivity index (χ0n) is 22.6. The second kappa shape index (κ2) is 11.6. The van der Waals surface area contributed by atoms with Crippen molar-refractivity contribution in [1.82, 2.24) is 24.8 Å². The minimum Gasteiger partial charge on any atom is -0.341 e. The van der Waals surface area contributed by atoms with Gasteiger partial charge in [-0.15, -0.1) is 10.2 Å². The molecule has 6 rings (SSSR count). The highest BCUT2D eigenvalue weighted by atomic mass is 35.5. The summed E-state index contributed by atoms with van der Waals surface area (Å²) in [7, 11) is 0. The van der Waals surface area contributed by atoms with E-state index < -0.39 is 0 Å². The van der Waals surface area contributed by atoms with Gasteiger partial charge in [-0.25, -0.2) is 5.43 Å². The van der Waals surface area contributed by atoms with Crippen LogP contribution in [-0.2, 0) is 11.3 Å². The van der Waals surface area contributed by atoms with Crippen LogP contribution in [0, 0.1) is 6.92 Å². The number of carbonyl (C=O) groups is 1. The Morgan fingerprint density at radius 2 is 1.71 bits per heavy atom. The number of benzene rings is 4. The first-order chi connectivity index (χ1) is 20.0. The van der Waals surface area contributed by atoms with Gasteiger partial charge in [0, 0.05) is 44.6 Å². The number of rotatable bonds is 8. The Bertz CT molecular complexity index is 1890. The van der Waals surface area contributed by atoms with Crippen LogP contribution in [0.1, 0.15) is 18.1 Å². The molecule has 6 aromatic rings. The van der Waals surface area contributed by atoms with Crippen LogP contribution >= 0.6 is 23.4 Å². The Morgan fingerprint density at radius 3 is 2.49 bits per heavy atom. The van der Waals surface area contributed by atoms with Crippen LogP contribution in [0.4, 0.5) is 0 Å². The van der Waals surface area contributed by atoms with Crippen molar-refractivity contribution in [2.45, 2.75) is 25.5 Å². The molecule has 2 aromatic heterocycles. The van der Waals surface area contributed by atoms with E-state index in [1.54, 1.807) is 6.21 Å². The molecule has 0 aliphatic carbocycles. The molecule has 1 amide bonds. The fourth-order valence-electron chi connectivity index (χ4n) is 4.91. The minimum atomic E-state index is -0.235. The van der Waals surface area contributed by atoms with Gasteiger partial charge in [-0.2, -0.15) is 5.10 Å². The number of nitrogens with zero attached hydrogens (tertiary/aromatic N) is 5. The molecule has 0 aliphatic rings. The van der Waals surface area contributed by atoms with Crippen molar-refractivity contribution in [3.63, 3.8) is 0 Å². The van der Waals surface area contributed by atoms with Gasteiger partial charge >= 0.3 is 0 Å². The van der Waals surface area contributed by atoms with Crippen molar-refractivity contribution in [2.24, 2.45) is 5.10 Å². The Labute approximate surface area is 246 Å². The summed E-state index contributed by atoms with van der Waals surface area (Å²) in [6.07, 6.45) is 1.67. The van der Waals surface area contributed by atoms with E-state index in [1.807, 2.05) is 66.1 Å². The third-order valence-electron chi connectivity index (χ3n) is 6.88. The molecule has 9 heteroatoms. The Hall–Kier alpha value is -4.40. The predicted molar refractivity (Wildman–Crippen MR) is 168 cm³/mol. The average molecular weight is 579 g/mol. The van der Waals surface area contributed by atoms with Crippen molar-refractivity contribution in [1.29, 1.82) is 0 Å². The highest BCUT2D eigenvalue weighted by Gasteiger charge is 2.17. The zero-order valence-corrected chi connectivity index (χ0v) is 24.2. The highest BCUT2D eigenvalue weighted by molar-refractivity contribution is 7.99. The van der Waals surface area contributed by atoms with Crippen LogP contribution in [0.25, 0.3) is 38.9 Å². The van der Waals surface area contributed by atoms with E-state index in [2.05, 4.69) is 68.6 Å². The lowest BCUT2D eigenvalue weighted by atomic mass is 10.1. The second-order valence-electron chi connectivity index (χ2n) is 9.60. The van der Waals surface area contributed by atoms with Crippen LogP contribution in [0.15, 0.2) is 101 Å². The van der Waals surface area contributed by atoms with Gasteiger partial charge in [-0.05, 0) is 74.0 Å². The van der Waals surface area contributed by atoms with E-state index in [-0.39, 0.29) is 11.7 Å². The number of hydrogen-bond acceptors (Lipinski definition) is 5. The molecule has 0 unspecified atom stereocenters. The maximum Gasteiger partial charge on any atom is 0.250 e. The maximum absolute atomic E-state index is 12.7. The summed E-state index contributed by atoms with van der Waals surface area (Å²) in [6.45, 7) is 5.08. The van der Waals surface area contributed by atoms with Gasteiger partial charge in [0.2, 0.25) is 0 Å². The van der Waals surface area contributed by atoms with Crippen LogP contribution < -0.4 is 5.43 Å². The van der Waals surface area contributed by atoms with E-state index in [1.165, 1.54) is 33.6 Å². The maximum atomic E-state index is 12.7. The molecule has 0 saturated heterocycles. The van der Waals surface area contributed by atoms with Crippen molar-refractivity contribution in [2.75, 3.05) is 5.75 Å². The predicted octanol–water partition coefficient (Wildman–Crippen LogP) is 7.27. The fraction of sp³-hybridized carbons (Fsp3) is 0.125.